The monoisotopic (exact) mass is 308 g/mol. The number of nitrogens with one attached hydrogen (secondary N) is 1. The molecule has 0 aliphatic heterocycles. The molecule has 23 heavy (non-hydrogen) atoms. The molecular weight excluding hydrogens is 288 g/mol. The van der Waals surface area contributed by atoms with E-state index >= 15 is 0 Å². The highest BCUT2D eigenvalue weighted by Crippen LogP contribution is 2.24. The summed E-state index contributed by atoms with van der Waals surface area (Å²) in [6.45, 7) is 4.32. The van der Waals surface area contributed by atoms with Gasteiger partial charge in [0.25, 0.3) is 5.56 Å². The average Bonchev–Trinajstić information content (AvgIpc) is 2.97. The number of benzene rings is 2. The lowest BCUT2D eigenvalue weighted by molar-refractivity contribution is 0.415. The van der Waals surface area contributed by atoms with Crippen molar-refractivity contribution in [3.05, 3.63) is 70.5 Å². The van der Waals surface area contributed by atoms with Gasteiger partial charge in [-0.15, -0.1) is 0 Å². The van der Waals surface area contributed by atoms with Crippen LogP contribution in [0.1, 0.15) is 25.3 Å². The second kappa shape index (κ2) is 6.16. The first kappa shape index (κ1) is 15.2. The highest BCUT2D eigenvalue weighted by atomic mass is 16.5. The summed E-state index contributed by atoms with van der Waals surface area (Å²) in [7, 11) is 1.64. The lowest BCUT2D eigenvalue weighted by atomic mass is 10.0. The van der Waals surface area contributed by atoms with Crippen LogP contribution in [-0.2, 0) is 0 Å². The van der Waals surface area contributed by atoms with E-state index in [0.717, 1.165) is 22.7 Å². The summed E-state index contributed by atoms with van der Waals surface area (Å²) < 4.78 is 7.00. The van der Waals surface area contributed by atoms with Crippen LogP contribution < -0.4 is 10.3 Å². The smallest absolute Gasteiger partial charge is 0.265 e. The first-order valence-electron chi connectivity index (χ1n) is 7.65. The second-order valence-corrected chi connectivity index (χ2v) is 5.82. The van der Waals surface area contributed by atoms with Gasteiger partial charge in [0.15, 0.2) is 0 Å². The van der Waals surface area contributed by atoms with Crippen LogP contribution in [0.3, 0.4) is 0 Å². The molecule has 4 heteroatoms. The molecule has 0 amide bonds. The Balaban J connectivity index is 2.04. The number of rotatable bonds is 4. The molecule has 0 bridgehead atoms. The predicted octanol–water partition coefficient (Wildman–Crippen LogP) is 3.96. The second-order valence-electron chi connectivity index (χ2n) is 5.82. The highest BCUT2D eigenvalue weighted by molar-refractivity contribution is 5.62. The van der Waals surface area contributed by atoms with E-state index in [2.05, 4.69) is 31.1 Å². The molecule has 4 nitrogen and oxygen atoms in total. The Hall–Kier alpha value is -2.75. The molecule has 0 aliphatic rings. The van der Waals surface area contributed by atoms with Gasteiger partial charge in [-0.25, -0.2) is 0 Å². The normalized spacial score (nSPS) is 11.0. The third-order valence-electron chi connectivity index (χ3n) is 3.93. The largest absolute Gasteiger partial charge is 0.497 e. The predicted molar refractivity (Wildman–Crippen MR) is 92.5 cm³/mol. The minimum absolute atomic E-state index is 0.122. The molecule has 0 saturated heterocycles. The van der Waals surface area contributed by atoms with Gasteiger partial charge in [-0.1, -0.05) is 26.0 Å². The van der Waals surface area contributed by atoms with Gasteiger partial charge in [-0.2, -0.15) is 0 Å². The fourth-order valence-electron chi connectivity index (χ4n) is 2.58. The highest BCUT2D eigenvalue weighted by Gasteiger charge is 2.10. The Morgan fingerprint density at radius 2 is 1.65 bits per heavy atom. The molecule has 2 aromatic carbocycles. The van der Waals surface area contributed by atoms with Gasteiger partial charge in [0, 0.05) is 11.6 Å². The first-order valence-corrected chi connectivity index (χ1v) is 7.65. The average molecular weight is 308 g/mol. The molecule has 3 rings (SSSR count). The molecule has 0 fully saturated rings. The topological polar surface area (TPSA) is 47.0 Å². The van der Waals surface area contributed by atoms with Crippen molar-refractivity contribution >= 4 is 0 Å². The van der Waals surface area contributed by atoms with Crippen molar-refractivity contribution in [1.29, 1.82) is 0 Å². The molecule has 1 N–H and O–H groups in total. The van der Waals surface area contributed by atoms with Gasteiger partial charge in [-0.05, 0) is 47.9 Å². The van der Waals surface area contributed by atoms with E-state index in [1.165, 1.54) is 5.56 Å². The number of H-pyrrole nitrogens is 1. The Morgan fingerprint density at radius 3 is 2.22 bits per heavy atom. The minimum atomic E-state index is -0.122. The van der Waals surface area contributed by atoms with Crippen LogP contribution in [-0.4, -0.2) is 16.9 Å². The van der Waals surface area contributed by atoms with Gasteiger partial charge >= 0.3 is 0 Å². The maximum Gasteiger partial charge on any atom is 0.265 e. The fraction of sp³-hybridized carbons (Fsp3) is 0.211. The van der Waals surface area contributed by atoms with E-state index in [4.69, 9.17) is 4.74 Å². The molecule has 0 saturated carbocycles. The van der Waals surface area contributed by atoms with Crippen LogP contribution in [0, 0.1) is 0 Å². The summed E-state index contributed by atoms with van der Waals surface area (Å²) in [4.78, 5) is 11.9. The van der Waals surface area contributed by atoms with Crippen molar-refractivity contribution in [2.24, 2.45) is 0 Å². The summed E-state index contributed by atoms with van der Waals surface area (Å²) >= 11 is 0. The molecule has 0 unspecified atom stereocenters. The summed E-state index contributed by atoms with van der Waals surface area (Å²) in [6.07, 6.45) is 0. The van der Waals surface area contributed by atoms with Crippen molar-refractivity contribution in [1.82, 2.24) is 9.78 Å². The van der Waals surface area contributed by atoms with Crippen molar-refractivity contribution in [2.45, 2.75) is 19.8 Å². The van der Waals surface area contributed by atoms with E-state index < -0.39 is 0 Å². The molecule has 1 heterocycles. The van der Waals surface area contributed by atoms with Crippen molar-refractivity contribution in [3.8, 4) is 22.7 Å². The van der Waals surface area contributed by atoms with Crippen molar-refractivity contribution < 1.29 is 4.74 Å². The van der Waals surface area contributed by atoms with Crippen LogP contribution in [0.5, 0.6) is 5.75 Å². The zero-order valence-electron chi connectivity index (χ0n) is 13.5. The van der Waals surface area contributed by atoms with Crippen LogP contribution in [0.2, 0.25) is 0 Å². The molecule has 0 atom stereocenters. The van der Waals surface area contributed by atoms with Crippen molar-refractivity contribution in [2.75, 3.05) is 7.11 Å². The lowest BCUT2D eigenvalue weighted by Crippen LogP contribution is -2.04. The summed E-state index contributed by atoms with van der Waals surface area (Å²) in [5, 5.41) is 2.87. The molecule has 118 valence electrons. The van der Waals surface area contributed by atoms with E-state index in [1.54, 1.807) is 13.2 Å². The van der Waals surface area contributed by atoms with Crippen LogP contribution >= 0.6 is 0 Å². The van der Waals surface area contributed by atoms with Gasteiger partial charge in [0.1, 0.15) is 5.75 Å². The van der Waals surface area contributed by atoms with Gasteiger partial charge in [0.2, 0.25) is 0 Å². The third-order valence-corrected chi connectivity index (χ3v) is 3.93. The number of aromatic amines is 1. The summed E-state index contributed by atoms with van der Waals surface area (Å²) in [5.41, 5.74) is 3.87. The Bertz CT molecular complexity index is 840. The number of hydrogen-bond donors (Lipinski definition) is 1. The summed E-state index contributed by atoms with van der Waals surface area (Å²) in [6, 6.07) is 17.5. The summed E-state index contributed by atoms with van der Waals surface area (Å²) in [5.74, 6) is 1.27. The molecule has 0 radical (unpaired) electrons. The molecule has 3 aromatic rings. The number of methoxy groups -OCH3 is 1. The SMILES string of the molecule is COc1ccc(-c2cc(=O)[nH]n2-c2ccc(C(C)C)cc2)cc1. The number of ether oxygens (including phenoxy) is 1. The number of hydrogen-bond acceptors (Lipinski definition) is 2. The molecule has 0 spiro atoms. The molecular formula is C19H20N2O2. The Morgan fingerprint density at radius 1 is 1.00 bits per heavy atom. The number of nitrogens with zero attached hydrogens (tertiary/aromatic N) is 1. The zero-order chi connectivity index (χ0) is 16.4. The third kappa shape index (κ3) is 3.06. The van der Waals surface area contributed by atoms with E-state index in [0.29, 0.717) is 5.92 Å². The fourth-order valence-corrected chi connectivity index (χ4v) is 2.58. The zero-order valence-corrected chi connectivity index (χ0v) is 13.5. The van der Waals surface area contributed by atoms with E-state index in [9.17, 15) is 4.79 Å². The van der Waals surface area contributed by atoms with Crippen LogP contribution in [0.15, 0.2) is 59.4 Å². The van der Waals surface area contributed by atoms with Crippen LogP contribution in [0.25, 0.3) is 16.9 Å². The molecule has 1 aromatic heterocycles. The van der Waals surface area contributed by atoms with Crippen molar-refractivity contribution in [3.63, 3.8) is 0 Å². The van der Waals surface area contributed by atoms with E-state index in [-0.39, 0.29) is 5.56 Å². The Kier molecular flexibility index (Phi) is 4.06. The van der Waals surface area contributed by atoms with Crippen LogP contribution in [0.4, 0.5) is 0 Å². The minimum Gasteiger partial charge on any atom is -0.497 e. The maximum atomic E-state index is 11.9. The van der Waals surface area contributed by atoms with Gasteiger partial charge in [0.05, 0.1) is 18.5 Å². The Labute approximate surface area is 135 Å². The molecule has 0 aliphatic carbocycles. The van der Waals surface area contributed by atoms with Gasteiger partial charge in [-0.3, -0.25) is 14.6 Å². The van der Waals surface area contributed by atoms with E-state index in [1.807, 2.05) is 41.1 Å². The van der Waals surface area contributed by atoms with Gasteiger partial charge < -0.3 is 4.74 Å². The number of aromatic nitrogens is 2. The quantitative estimate of drug-likeness (QED) is 0.793. The first-order chi connectivity index (χ1) is 11.1. The standard InChI is InChI=1S/C19H20N2O2/c1-13(2)14-4-8-16(9-5-14)21-18(12-19(22)20-21)15-6-10-17(23-3)11-7-15/h4-13H,1-3H3,(H,20,22). The lowest BCUT2D eigenvalue weighted by Gasteiger charge is -2.11. The maximum absolute atomic E-state index is 11.9.